The highest BCUT2D eigenvalue weighted by Gasteiger charge is 2.37. The van der Waals surface area contributed by atoms with Crippen LogP contribution in [0.1, 0.15) is 44.6 Å². The molecule has 0 N–H and O–H groups in total. The van der Waals surface area contributed by atoms with Gasteiger partial charge < -0.3 is 9.64 Å². The molecule has 3 heterocycles. The second-order valence-electron chi connectivity index (χ2n) is 7.44. The molecular weight excluding hydrogens is 316 g/mol. The maximum Gasteiger partial charge on any atom is 0.222 e. The molecule has 0 aromatic carbocycles. The van der Waals surface area contributed by atoms with Crippen LogP contribution in [0.25, 0.3) is 0 Å². The van der Waals surface area contributed by atoms with E-state index in [9.17, 15) is 4.79 Å². The van der Waals surface area contributed by atoms with Crippen LogP contribution in [-0.4, -0.2) is 64.9 Å². The smallest absolute Gasteiger partial charge is 0.222 e. The lowest BCUT2D eigenvalue weighted by Crippen LogP contribution is -2.52. The quantitative estimate of drug-likeness (QED) is 0.758. The topological polar surface area (TPSA) is 50.6 Å². The molecule has 0 aliphatic carbocycles. The largest absolute Gasteiger partial charge is 0.383 e. The van der Waals surface area contributed by atoms with Crippen LogP contribution in [-0.2, 0) is 22.6 Å². The summed E-state index contributed by atoms with van der Waals surface area (Å²) in [4.78, 5) is 17.1. The highest BCUT2D eigenvalue weighted by molar-refractivity contribution is 5.76. The predicted molar refractivity (Wildman–Crippen MR) is 97.1 cm³/mol. The van der Waals surface area contributed by atoms with E-state index in [2.05, 4.69) is 28.0 Å². The molecule has 6 nitrogen and oxygen atoms in total. The minimum Gasteiger partial charge on any atom is -0.383 e. The maximum atomic E-state index is 12.5. The molecule has 0 spiro atoms. The van der Waals surface area contributed by atoms with E-state index in [1.807, 2.05) is 10.9 Å². The molecule has 2 aliphatic heterocycles. The fourth-order valence-electron chi connectivity index (χ4n) is 4.35. The van der Waals surface area contributed by atoms with E-state index in [1.54, 1.807) is 7.11 Å². The van der Waals surface area contributed by atoms with Gasteiger partial charge in [-0.15, -0.1) is 0 Å². The molecule has 1 aromatic rings. The van der Waals surface area contributed by atoms with Crippen molar-refractivity contribution >= 4 is 5.91 Å². The molecule has 0 saturated carbocycles. The first-order valence-corrected chi connectivity index (χ1v) is 9.73. The van der Waals surface area contributed by atoms with Crippen LogP contribution in [0, 0.1) is 5.92 Å². The van der Waals surface area contributed by atoms with Gasteiger partial charge in [0.25, 0.3) is 0 Å². The number of nitrogens with zero attached hydrogens (tertiary/aromatic N) is 4. The lowest BCUT2D eigenvalue weighted by atomic mass is 9.88. The van der Waals surface area contributed by atoms with E-state index in [-0.39, 0.29) is 0 Å². The average molecular weight is 348 g/mol. The summed E-state index contributed by atoms with van der Waals surface area (Å²) in [5, 5.41) is 4.45. The van der Waals surface area contributed by atoms with E-state index < -0.39 is 0 Å². The molecule has 25 heavy (non-hydrogen) atoms. The van der Waals surface area contributed by atoms with E-state index in [0.717, 1.165) is 58.4 Å². The Morgan fingerprint density at radius 2 is 2.20 bits per heavy atom. The lowest BCUT2D eigenvalue weighted by molar-refractivity contribution is -0.135. The lowest BCUT2D eigenvalue weighted by Gasteiger charge is -2.42. The van der Waals surface area contributed by atoms with Gasteiger partial charge in [-0.3, -0.25) is 14.4 Å². The number of piperidine rings is 1. The van der Waals surface area contributed by atoms with Crippen molar-refractivity contribution < 1.29 is 9.53 Å². The van der Waals surface area contributed by atoms with Crippen LogP contribution in [0.5, 0.6) is 0 Å². The van der Waals surface area contributed by atoms with E-state index in [4.69, 9.17) is 4.74 Å². The summed E-state index contributed by atoms with van der Waals surface area (Å²) >= 11 is 0. The molecule has 2 aliphatic rings. The fraction of sp³-hybridized carbons (Fsp3) is 0.789. The summed E-state index contributed by atoms with van der Waals surface area (Å²) in [7, 11) is 1.71. The van der Waals surface area contributed by atoms with Gasteiger partial charge in [-0.2, -0.15) is 5.10 Å². The highest BCUT2D eigenvalue weighted by atomic mass is 16.5. The standard InChI is InChI=1S/C19H32N4O2/c1-3-8-22-14-16(12-20-22)13-21-9-7-18-17(15-21)5-4-6-19(24)23(18)10-11-25-2/h12,14,17-18H,3-11,13,15H2,1-2H3/t17-,18+/m0/s1. The van der Waals surface area contributed by atoms with Gasteiger partial charge in [0, 0.05) is 64.1 Å². The first-order valence-electron chi connectivity index (χ1n) is 9.73. The number of aryl methyl sites for hydroxylation is 1. The van der Waals surface area contributed by atoms with E-state index in [1.165, 1.54) is 5.56 Å². The van der Waals surface area contributed by atoms with Crippen molar-refractivity contribution in [2.75, 3.05) is 33.4 Å². The normalized spacial score (nSPS) is 25.0. The number of carbonyl (C=O) groups is 1. The van der Waals surface area contributed by atoms with Crippen molar-refractivity contribution in [3.05, 3.63) is 18.0 Å². The zero-order valence-electron chi connectivity index (χ0n) is 15.7. The number of fused-ring (bicyclic) bond motifs is 1. The Hall–Kier alpha value is -1.40. The zero-order valence-corrected chi connectivity index (χ0v) is 15.7. The van der Waals surface area contributed by atoms with Crippen molar-refractivity contribution in [1.29, 1.82) is 0 Å². The van der Waals surface area contributed by atoms with Crippen molar-refractivity contribution in [2.24, 2.45) is 5.92 Å². The average Bonchev–Trinajstić information content (AvgIpc) is 2.97. The minimum atomic E-state index is 0.318. The molecular formula is C19H32N4O2. The first kappa shape index (κ1) is 18.4. The Bertz CT molecular complexity index is 559. The molecule has 0 unspecified atom stereocenters. The Labute approximate surface area is 151 Å². The van der Waals surface area contributed by atoms with Crippen LogP contribution >= 0.6 is 0 Å². The predicted octanol–water partition coefficient (Wildman–Crippen LogP) is 2.14. The highest BCUT2D eigenvalue weighted by Crippen LogP contribution is 2.31. The molecule has 3 rings (SSSR count). The van der Waals surface area contributed by atoms with Gasteiger partial charge in [0.1, 0.15) is 0 Å². The van der Waals surface area contributed by atoms with Gasteiger partial charge in [-0.1, -0.05) is 6.92 Å². The van der Waals surface area contributed by atoms with Gasteiger partial charge in [-0.05, 0) is 31.6 Å². The third kappa shape index (κ3) is 4.61. The summed E-state index contributed by atoms with van der Waals surface area (Å²) in [6.07, 6.45) is 9.24. The van der Waals surface area contributed by atoms with Gasteiger partial charge in [-0.25, -0.2) is 0 Å². The Morgan fingerprint density at radius 3 is 3.00 bits per heavy atom. The molecule has 2 atom stereocenters. The summed E-state index contributed by atoms with van der Waals surface area (Å²) in [5.41, 5.74) is 1.30. The van der Waals surface area contributed by atoms with Gasteiger partial charge >= 0.3 is 0 Å². The molecule has 140 valence electrons. The number of methoxy groups -OCH3 is 1. The summed E-state index contributed by atoms with van der Waals surface area (Å²) in [6.45, 7) is 7.64. The maximum absolute atomic E-state index is 12.5. The van der Waals surface area contributed by atoms with E-state index in [0.29, 0.717) is 30.9 Å². The Morgan fingerprint density at radius 1 is 1.32 bits per heavy atom. The molecule has 1 aromatic heterocycles. The summed E-state index contributed by atoms with van der Waals surface area (Å²) in [5.74, 6) is 0.904. The van der Waals surface area contributed by atoms with Crippen LogP contribution in [0.4, 0.5) is 0 Å². The van der Waals surface area contributed by atoms with Crippen molar-refractivity contribution in [3.63, 3.8) is 0 Å². The number of hydrogen-bond acceptors (Lipinski definition) is 4. The zero-order chi connectivity index (χ0) is 17.6. The Kier molecular flexibility index (Phi) is 6.48. The van der Waals surface area contributed by atoms with Crippen molar-refractivity contribution in [2.45, 2.75) is 58.2 Å². The third-order valence-corrected chi connectivity index (χ3v) is 5.55. The summed E-state index contributed by atoms with van der Waals surface area (Å²) in [6, 6.07) is 0.393. The third-order valence-electron chi connectivity index (χ3n) is 5.55. The number of carbonyl (C=O) groups excluding carboxylic acids is 1. The first-order chi connectivity index (χ1) is 12.2. The molecule has 2 saturated heterocycles. The van der Waals surface area contributed by atoms with Gasteiger partial charge in [0.05, 0.1) is 12.8 Å². The van der Waals surface area contributed by atoms with Gasteiger partial charge in [0.2, 0.25) is 5.91 Å². The molecule has 2 fully saturated rings. The molecule has 0 bridgehead atoms. The SMILES string of the molecule is CCCn1cc(CN2CC[C@@H]3[C@@H](CCCC(=O)N3CCOC)C2)cn1. The van der Waals surface area contributed by atoms with E-state index >= 15 is 0 Å². The van der Waals surface area contributed by atoms with Crippen LogP contribution in [0.2, 0.25) is 0 Å². The van der Waals surface area contributed by atoms with Crippen LogP contribution in [0.3, 0.4) is 0 Å². The van der Waals surface area contributed by atoms with Crippen LogP contribution < -0.4 is 0 Å². The number of aromatic nitrogens is 2. The summed E-state index contributed by atoms with van der Waals surface area (Å²) < 4.78 is 7.26. The van der Waals surface area contributed by atoms with Crippen molar-refractivity contribution in [3.8, 4) is 0 Å². The number of amides is 1. The number of ether oxygens (including phenoxy) is 1. The second-order valence-corrected chi connectivity index (χ2v) is 7.44. The fourth-order valence-corrected chi connectivity index (χ4v) is 4.35. The number of likely N-dealkylation sites (tertiary alicyclic amines) is 2. The second kappa shape index (κ2) is 8.81. The Balaban J connectivity index is 1.60. The monoisotopic (exact) mass is 348 g/mol. The van der Waals surface area contributed by atoms with Crippen molar-refractivity contribution in [1.82, 2.24) is 19.6 Å². The number of rotatable bonds is 7. The molecule has 1 amide bonds. The van der Waals surface area contributed by atoms with Gasteiger partial charge in [0.15, 0.2) is 0 Å². The molecule has 6 heteroatoms. The van der Waals surface area contributed by atoms with Crippen LogP contribution in [0.15, 0.2) is 12.4 Å². The molecule has 0 radical (unpaired) electrons. The minimum absolute atomic E-state index is 0.318. The number of hydrogen-bond donors (Lipinski definition) is 0.